The molecular weight excluding hydrogens is 256 g/mol. The van der Waals surface area contributed by atoms with E-state index in [0.717, 1.165) is 5.56 Å². The lowest BCUT2D eigenvalue weighted by atomic mass is 9.95. The molecule has 0 aliphatic heterocycles. The average Bonchev–Trinajstić information content (AvgIpc) is 2.23. The summed E-state index contributed by atoms with van der Waals surface area (Å²) in [5.41, 5.74) is 4.77. The fourth-order valence-corrected chi connectivity index (χ4v) is 3.94. The monoisotopic (exact) mass is 282 g/mol. The molecule has 108 valence electrons. The first-order valence-electron chi connectivity index (χ1n) is 6.70. The molecule has 2 atom stereocenters. The lowest BCUT2D eigenvalue weighted by Crippen LogP contribution is -2.25. The van der Waals surface area contributed by atoms with Crippen molar-refractivity contribution >= 4 is 11.8 Å². The fourth-order valence-electron chi connectivity index (χ4n) is 2.45. The van der Waals surface area contributed by atoms with Gasteiger partial charge in [-0.05, 0) is 37.5 Å². The molecule has 0 aliphatic carbocycles. The van der Waals surface area contributed by atoms with Crippen LogP contribution in [-0.2, 0) is 0 Å². The lowest BCUT2D eigenvalue weighted by Gasteiger charge is -2.31. The van der Waals surface area contributed by atoms with Crippen LogP contribution in [0.4, 0.5) is 0 Å². The van der Waals surface area contributed by atoms with Gasteiger partial charge >= 0.3 is 0 Å². The SMILES string of the molecule is Cc1cc(C)c([C@@H](SC(C)(C)C)[C@@H](O)CO)c(C)c1. The fraction of sp³-hybridized carbons (Fsp3) is 0.625. The lowest BCUT2D eigenvalue weighted by molar-refractivity contribution is 0.0926. The molecule has 2 N–H and O–H groups in total. The van der Waals surface area contributed by atoms with Crippen molar-refractivity contribution in [3.8, 4) is 0 Å². The first-order chi connectivity index (χ1) is 8.65. The third-order valence-electron chi connectivity index (χ3n) is 3.04. The largest absolute Gasteiger partial charge is 0.394 e. The summed E-state index contributed by atoms with van der Waals surface area (Å²) < 4.78 is 0.0323. The maximum absolute atomic E-state index is 10.2. The van der Waals surface area contributed by atoms with Gasteiger partial charge in [-0.2, -0.15) is 0 Å². The second-order valence-corrected chi connectivity index (χ2v) is 8.18. The van der Waals surface area contributed by atoms with Crippen molar-refractivity contribution < 1.29 is 10.2 Å². The third-order valence-corrected chi connectivity index (χ3v) is 4.55. The molecular formula is C16H26O2S. The van der Waals surface area contributed by atoms with Gasteiger partial charge < -0.3 is 10.2 Å². The van der Waals surface area contributed by atoms with E-state index in [4.69, 9.17) is 0 Å². The third kappa shape index (κ3) is 4.51. The Kier molecular flexibility index (Phi) is 5.48. The molecule has 19 heavy (non-hydrogen) atoms. The minimum Gasteiger partial charge on any atom is -0.394 e. The van der Waals surface area contributed by atoms with E-state index in [2.05, 4.69) is 53.7 Å². The van der Waals surface area contributed by atoms with E-state index < -0.39 is 6.10 Å². The summed E-state index contributed by atoms with van der Waals surface area (Å²) in [5, 5.41) is 19.4. The molecule has 1 aromatic rings. The minimum atomic E-state index is -0.732. The highest BCUT2D eigenvalue weighted by Gasteiger charge is 2.29. The highest BCUT2D eigenvalue weighted by molar-refractivity contribution is 8.00. The Morgan fingerprint density at radius 1 is 1.11 bits per heavy atom. The van der Waals surface area contributed by atoms with Crippen molar-refractivity contribution in [1.29, 1.82) is 0 Å². The maximum atomic E-state index is 10.2. The van der Waals surface area contributed by atoms with Crippen LogP contribution in [0, 0.1) is 20.8 Å². The van der Waals surface area contributed by atoms with E-state index in [9.17, 15) is 10.2 Å². The van der Waals surface area contributed by atoms with Crippen LogP contribution in [0.5, 0.6) is 0 Å². The molecule has 1 rings (SSSR count). The summed E-state index contributed by atoms with van der Waals surface area (Å²) in [5.74, 6) is 0. The van der Waals surface area contributed by atoms with Crippen LogP contribution in [0.1, 0.15) is 48.3 Å². The predicted molar refractivity (Wildman–Crippen MR) is 83.8 cm³/mol. The van der Waals surface area contributed by atoms with Gasteiger partial charge in [0.25, 0.3) is 0 Å². The van der Waals surface area contributed by atoms with Crippen LogP contribution in [0.3, 0.4) is 0 Å². The van der Waals surface area contributed by atoms with Gasteiger partial charge in [0.2, 0.25) is 0 Å². The van der Waals surface area contributed by atoms with Crippen molar-refractivity contribution in [3.05, 3.63) is 34.4 Å². The summed E-state index contributed by atoms with van der Waals surface area (Å²) in [4.78, 5) is 0. The van der Waals surface area contributed by atoms with Gasteiger partial charge in [-0.25, -0.2) is 0 Å². The van der Waals surface area contributed by atoms with Gasteiger partial charge in [0.15, 0.2) is 0 Å². The summed E-state index contributed by atoms with van der Waals surface area (Å²) in [6.07, 6.45) is -0.732. The molecule has 0 radical (unpaired) electrons. The summed E-state index contributed by atoms with van der Waals surface area (Å²) >= 11 is 1.71. The highest BCUT2D eigenvalue weighted by Crippen LogP contribution is 2.43. The Labute approximate surface area is 121 Å². The number of thioether (sulfide) groups is 1. The Morgan fingerprint density at radius 2 is 1.58 bits per heavy atom. The number of benzene rings is 1. The van der Waals surface area contributed by atoms with E-state index in [0.29, 0.717) is 0 Å². The molecule has 0 heterocycles. The van der Waals surface area contributed by atoms with Gasteiger partial charge in [-0.15, -0.1) is 11.8 Å². The number of hydrogen-bond acceptors (Lipinski definition) is 3. The maximum Gasteiger partial charge on any atom is 0.0930 e. The van der Waals surface area contributed by atoms with E-state index in [-0.39, 0.29) is 16.6 Å². The smallest absolute Gasteiger partial charge is 0.0930 e. The zero-order chi connectivity index (χ0) is 14.8. The van der Waals surface area contributed by atoms with Crippen LogP contribution in [0.25, 0.3) is 0 Å². The second kappa shape index (κ2) is 6.29. The predicted octanol–water partition coefficient (Wildman–Crippen LogP) is 3.54. The Hall–Kier alpha value is -0.510. The van der Waals surface area contributed by atoms with Crippen molar-refractivity contribution in [2.24, 2.45) is 0 Å². The van der Waals surface area contributed by atoms with Crippen LogP contribution < -0.4 is 0 Å². The van der Waals surface area contributed by atoms with E-state index >= 15 is 0 Å². The van der Waals surface area contributed by atoms with Crippen LogP contribution in [-0.4, -0.2) is 27.7 Å². The molecule has 2 nitrogen and oxygen atoms in total. The van der Waals surface area contributed by atoms with Crippen LogP contribution in [0.15, 0.2) is 12.1 Å². The van der Waals surface area contributed by atoms with E-state index in [1.54, 1.807) is 11.8 Å². The number of aliphatic hydroxyl groups is 2. The zero-order valence-corrected chi connectivity index (χ0v) is 13.6. The normalized spacial score (nSPS) is 15.4. The van der Waals surface area contributed by atoms with E-state index in [1.807, 2.05) is 0 Å². The molecule has 0 fully saturated rings. The van der Waals surface area contributed by atoms with E-state index in [1.165, 1.54) is 16.7 Å². The molecule has 0 amide bonds. The van der Waals surface area contributed by atoms with Gasteiger partial charge in [-0.3, -0.25) is 0 Å². The molecule has 0 saturated heterocycles. The number of rotatable bonds is 4. The van der Waals surface area contributed by atoms with Gasteiger partial charge in [0, 0.05) is 4.75 Å². The number of aryl methyl sites for hydroxylation is 3. The Balaban J connectivity index is 3.25. The Bertz CT molecular complexity index is 412. The van der Waals surface area contributed by atoms with Crippen molar-refractivity contribution in [3.63, 3.8) is 0 Å². The molecule has 0 unspecified atom stereocenters. The molecule has 0 saturated carbocycles. The average molecular weight is 282 g/mol. The minimum absolute atomic E-state index is 0.0323. The summed E-state index contributed by atoms with van der Waals surface area (Å²) in [6, 6.07) is 4.28. The Morgan fingerprint density at radius 3 is 1.95 bits per heavy atom. The zero-order valence-electron chi connectivity index (χ0n) is 12.8. The molecule has 1 aromatic carbocycles. The topological polar surface area (TPSA) is 40.5 Å². The van der Waals surface area contributed by atoms with Crippen molar-refractivity contribution in [1.82, 2.24) is 0 Å². The highest BCUT2D eigenvalue weighted by atomic mass is 32.2. The van der Waals surface area contributed by atoms with Crippen molar-refractivity contribution in [2.45, 2.75) is 57.6 Å². The first-order valence-corrected chi connectivity index (χ1v) is 7.58. The standard InChI is InChI=1S/C16H26O2S/c1-10-7-11(2)14(12(3)8-10)15(13(18)9-17)19-16(4,5)6/h7-8,13,15,17-18H,9H2,1-6H3/t13-,15-/m0/s1. The molecule has 0 bridgehead atoms. The first kappa shape index (κ1) is 16.5. The second-order valence-electron chi connectivity index (χ2n) is 6.21. The van der Waals surface area contributed by atoms with Gasteiger partial charge in [0.05, 0.1) is 18.0 Å². The van der Waals surface area contributed by atoms with Gasteiger partial charge in [0.1, 0.15) is 0 Å². The van der Waals surface area contributed by atoms with Gasteiger partial charge in [-0.1, -0.05) is 38.5 Å². The molecule has 0 aromatic heterocycles. The summed E-state index contributed by atoms with van der Waals surface area (Å²) in [7, 11) is 0. The quantitative estimate of drug-likeness (QED) is 0.887. The molecule has 0 aliphatic rings. The number of hydrogen-bond donors (Lipinski definition) is 2. The molecule has 0 spiro atoms. The number of aliphatic hydroxyl groups excluding tert-OH is 2. The molecule has 3 heteroatoms. The summed E-state index contributed by atoms with van der Waals surface area (Å²) in [6.45, 7) is 12.4. The van der Waals surface area contributed by atoms with Crippen molar-refractivity contribution in [2.75, 3.05) is 6.61 Å². The van der Waals surface area contributed by atoms with Crippen LogP contribution in [0.2, 0.25) is 0 Å². The van der Waals surface area contributed by atoms with Crippen LogP contribution >= 0.6 is 11.8 Å².